The van der Waals surface area contributed by atoms with Crippen molar-refractivity contribution in [3.8, 4) is 0 Å². The summed E-state index contributed by atoms with van der Waals surface area (Å²) in [7, 11) is 0. The minimum absolute atomic E-state index is 0.0243. The first-order valence-electron chi connectivity index (χ1n) is 14.8. The third-order valence-electron chi connectivity index (χ3n) is 9.43. The number of hydrogen-bond donors (Lipinski definition) is 5. The molecule has 0 radical (unpaired) electrons. The molecule has 0 aromatic carbocycles. The van der Waals surface area contributed by atoms with Gasteiger partial charge in [-0.3, -0.25) is 9.69 Å². The average Bonchev–Trinajstić information content (AvgIpc) is 3.21. The van der Waals surface area contributed by atoms with E-state index in [1.807, 2.05) is 6.92 Å². The third kappa shape index (κ3) is 7.60. The van der Waals surface area contributed by atoms with Crippen LogP contribution in [0.4, 0.5) is 4.39 Å². The predicted molar refractivity (Wildman–Crippen MR) is 143 cm³/mol. The highest BCUT2D eigenvalue weighted by atomic mass is 19.1. The number of nitrogens with zero attached hydrogens (tertiary/aromatic N) is 2. The molecule has 5 fully saturated rings. The summed E-state index contributed by atoms with van der Waals surface area (Å²) in [5.74, 6) is -0.0487. The summed E-state index contributed by atoms with van der Waals surface area (Å²) in [6.07, 6.45) is 9.68. The van der Waals surface area contributed by atoms with Crippen LogP contribution in [0.15, 0.2) is 0 Å². The van der Waals surface area contributed by atoms with Crippen molar-refractivity contribution in [3.05, 3.63) is 0 Å². The lowest BCUT2D eigenvalue weighted by Crippen LogP contribution is -2.64. The summed E-state index contributed by atoms with van der Waals surface area (Å²) < 4.78 is 14.7. The summed E-state index contributed by atoms with van der Waals surface area (Å²) >= 11 is 0. The van der Waals surface area contributed by atoms with Crippen molar-refractivity contribution in [3.63, 3.8) is 0 Å². The topological polar surface area (TPSA) is 112 Å². The Morgan fingerprint density at radius 3 is 2.53 bits per heavy atom. The van der Waals surface area contributed by atoms with E-state index in [9.17, 15) is 9.18 Å². The Kier molecular flexibility index (Phi) is 10.8. The highest BCUT2D eigenvalue weighted by Crippen LogP contribution is 2.28. The zero-order valence-corrected chi connectivity index (χ0v) is 22.5. The second-order valence-corrected chi connectivity index (χ2v) is 12.0. The number of nitrogens with two attached hydrogens (primary N) is 2. The first-order chi connectivity index (χ1) is 17.4. The normalized spacial score (nSPS) is 32.7. The standard InChI is InChI=1S/C27H52FN7O/c1-19(32-17-21(28)8-7-20-5-3-2-4-6-20)25(26(29)30)27(36)33-23-18-31-12-9-24(23)35-16-15-34-13-10-22(35)11-14-34/h19-26,31-32H,2-18,29-30H2,1H3,(H,33,36). The van der Waals surface area contributed by atoms with Gasteiger partial charge in [0.25, 0.3) is 0 Å². The van der Waals surface area contributed by atoms with Crippen LogP contribution in [0.1, 0.15) is 71.1 Å². The Balaban J connectivity index is 1.28. The van der Waals surface area contributed by atoms with Crippen molar-refractivity contribution in [2.75, 3.05) is 45.8 Å². The number of amides is 1. The van der Waals surface area contributed by atoms with Crippen molar-refractivity contribution in [2.24, 2.45) is 23.3 Å². The molecular formula is C27H52FN7O. The SMILES string of the molecule is CC(NCC(F)CCC1CCCCC1)C(C(=O)NC1CNCCC1N1CCN2CCC1CC2)C(N)N. The molecule has 9 heteroatoms. The monoisotopic (exact) mass is 509 g/mol. The van der Waals surface area contributed by atoms with Crippen molar-refractivity contribution in [1.82, 2.24) is 25.8 Å². The zero-order valence-electron chi connectivity index (χ0n) is 22.5. The van der Waals surface area contributed by atoms with Crippen LogP contribution in [0, 0.1) is 11.8 Å². The number of fused-ring (bicyclic) bond motifs is 4. The minimum atomic E-state index is -0.909. The van der Waals surface area contributed by atoms with Crippen molar-refractivity contribution >= 4 is 5.91 Å². The highest BCUT2D eigenvalue weighted by molar-refractivity contribution is 5.80. The molecule has 208 valence electrons. The molecule has 36 heavy (non-hydrogen) atoms. The molecule has 5 unspecified atom stereocenters. The van der Waals surface area contributed by atoms with Crippen LogP contribution in [-0.2, 0) is 4.79 Å². The second-order valence-electron chi connectivity index (χ2n) is 12.0. The van der Waals surface area contributed by atoms with E-state index in [-0.39, 0.29) is 24.5 Å². The molecule has 5 aliphatic rings. The van der Waals surface area contributed by atoms with E-state index < -0.39 is 18.3 Å². The third-order valence-corrected chi connectivity index (χ3v) is 9.43. The molecule has 1 aliphatic carbocycles. The van der Waals surface area contributed by atoms with Gasteiger partial charge in [-0.2, -0.15) is 0 Å². The minimum Gasteiger partial charge on any atom is -0.350 e. The maximum absolute atomic E-state index is 14.7. The van der Waals surface area contributed by atoms with Gasteiger partial charge in [0.15, 0.2) is 0 Å². The fourth-order valence-corrected chi connectivity index (χ4v) is 7.19. The molecule has 1 saturated carbocycles. The second kappa shape index (κ2) is 13.8. The molecule has 0 aromatic rings. The Bertz CT molecular complexity index is 669. The van der Waals surface area contributed by atoms with Crippen molar-refractivity contribution in [2.45, 2.75) is 108 Å². The molecule has 1 amide bonds. The van der Waals surface area contributed by atoms with E-state index in [1.165, 1.54) is 58.0 Å². The lowest BCUT2D eigenvalue weighted by atomic mass is 9.85. The molecule has 7 N–H and O–H groups in total. The Labute approximate surface area is 217 Å². The van der Waals surface area contributed by atoms with Gasteiger partial charge >= 0.3 is 0 Å². The largest absolute Gasteiger partial charge is 0.350 e. The summed E-state index contributed by atoms with van der Waals surface area (Å²) in [6.45, 7) is 8.43. The Morgan fingerprint density at radius 2 is 1.81 bits per heavy atom. The number of nitrogens with one attached hydrogen (secondary N) is 3. The van der Waals surface area contributed by atoms with E-state index in [1.54, 1.807) is 0 Å². The van der Waals surface area contributed by atoms with E-state index in [0.29, 0.717) is 24.4 Å². The lowest BCUT2D eigenvalue weighted by Gasteiger charge is -2.44. The number of rotatable bonds is 11. The van der Waals surface area contributed by atoms with Gasteiger partial charge in [-0.1, -0.05) is 32.1 Å². The van der Waals surface area contributed by atoms with Crippen molar-refractivity contribution < 1.29 is 9.18 Å². The molecular weight excluding hydrogens is 457 g/mol. The zero-order chi connectivity index (χ0) is 25.5. The smallest absolute Gasteiger partial charge is 0.227 e. The van der Waals surface area contributed by atoms with E-state index in [0.717, 1.165) is 39.0 Å². The lowest BCUT2D eigenvalue weighted by molar-refractivity contribution is -0.128. The van der Waals surface area contributed by atoms with E-state index in [2.05, 4.69) is 25.8 Å². The van der Waals surface area contributed by atoms with Gasteiger partial charge < -0.3 is 32.3 Å². The van der Waals surface area contributed by atoms with E-state index >= 15 is 0 Å². The molecule has 4 aliphatic heterocycles. The molecule has 5 atom stereocenters. The molecule has 0 aromatic heterocycles. The molecule has 2 bridgehead atoms. The number of carbonyl (C=O) groups excluding carboxylic acids is 1. The quantitative estimate of drug-likeness (QED) is 0.266. The fraction of sp³-hybridized carbons (Fsp3) is 0.963. The highest BCUT2D eigenvalue weighted by Gasteiger charge is 2.40. The van der Waals surface area contributed by atoms with E-state index in [4.69, 9.17) is 11.5 Å². The summed E-state index contributed by atoms with van der Waals surface area (Å²) in [5.41, 5.74) is 12.2. The number of halogens is 1. The van der Waals surface area contributed by atoms with Crippen LogP contribution in [0.25, 0.3) is 0 Å². The van der Waals surface area contributed by atoms with Crippen LogP contribution in [-0.4, -0.2) is 98.0 Å². The number of hydrogen-bond acceptors (Lipinski definition) is 7. The first-order valence-corrected chi connectivity index (χ1v) is 14.8. The maximum Gasteiger partial charge on any atom is 0.227 e. The average molecular weight is 510 g/mol. The van der Waals surface area contributed by atoms with Crippen LogP contribution in [0.3, 0.4) is 0 Å². The van der Waals surface area contributed by atoms with Gasteiger partial charge in [0.05, 0.1) is 18.1 Å². The van der Waals surface area contributed by atoms with Gasteiger partial charge in [-0.05, 0) is 64.6 Å². The summed E-state index contributed by atoms with van der Waals surface area (Å²) in [6, 6.07) is 0.659. The fourth-order valence-electron chi connectivity index (χ4n) is 7.19. The van der Waals surface area contributed by atoms with Crippen molar-refractivity contribution in [1.29, 1.82) is 0 Å². The Hall–Kier alpha value is -0.840. The summed E-state index contributed by atoms with van der Waals surface area (Å²) in [4.78, 5) is 18.7. The van der Waals surface area contributed by atoms with Gasteiger partial charge in [-0.15, -0.1) is 0 Å². The maximum atomic E-state index is 14.7. The number of piperidine rings is 2. The number of carbonyl (C=O) groups is 1. The van der Waals surface area contributed by atoms with Crippen LogP contribution in [0.2, 0.25) is 0 Å². The molecule has 0 spiro atoms. The summed E-state index contributed by atoms with van der Waals surface area (Å²) in [5, 5.41) is 10.0. The van der Waals surface area contributed by atoms with Crippen LogP contribution in [0.5, 0.6) is 0 Å². The van der Waals surface area contributed by atoms with Crippen LogP contribution < -0.4 is 27.4 Å². The van der Waals surface area contributed by atoms with Gasteiger partial charge in [-0.25, -0.2) is 4.39 Å². The number of alkyl halides is 1. The first kappa shape index (κ1) is 28.2. The molecule has 5 rings (SSSR count). The van der Waals surface area contributed by atoms with Gasteiger partial charge in [0.1, 0.15) is 6.17 Å². The van der Waals surface area contributed by atoms with Gasteiger partial charge in [0.2, 0.25) is 5.91 Å². The Morgan fingerprint density at radius 1 is 1.06 bits per heavy atom. The van der Waals surface area contributed by atoms with Gasteiger partial charge in [0, 0.05) is 44.3 Å². The van der Waals surface area contributed by atoms with Crippen LogP contribution >= 0.6 is 0 Å². The predicted octanol–water partition coefficient (Wildman–Crippen LogP) is 1.15. The molecule has 8 nitrogen and oxygen atoms in total. The molecule has 4 heterocycles. The molecule has 4 saturated heterocycles.